The molecule has 30 heavy (non-hydrogen) atoms. The zero-order valence-electron chi connectivity index (χ0n) is 16.1. The number of benzene rings is 1. The summed E-state index contributed by atoms with van der Waals surface area (Å²) in [4.78, 5) is 20.6. The fourth-order valence-corrected chi connectivity index (χ4v) is 3.19. The monoisotopic (exact) mass is 416 g/mol. The molecule has 0 spiro atoms. The van der Waals surface area contributed by atoms with Crippen LogP contribution in [0.3, 0.4) is 0 Å². The first-order valence-corrected chi connectivity index (χ1v) is 8.74. The van der Waals surface area contributed by atoms with Gasteiger partial charge in [0.2, 0.25) is 0 Å². The third-order valence-electron chi connectivity index (χ3n) is 4.59. The van der Waals surface area contributed by atoms with Gasteiger partial charge >= 0.3 is 12.1 Å². The van der Waals surface area contributed by atoms with E-state index in [1.807, 2.05) is 0 Å². The van der Waals surface area contributed by atoms with Crippen LogP contribution < -0.4 is 4.74 Å². The van der Waals surface area contributed by atoms with Crippen LogP contribution in [0.1, 0.15) is 21.7 Å². The van der Waals surface area contributed by atoms with Crippen molar-refractivity contribution >= 4 is 22.6 Å². The molecule has 10 heteroatoms. The fourth-order valence-electron chi connectivity index (χ4n) is 3.19. The van der Waals surface area contributed by atoms with Crippen molar-refractivity contribution in [2.24, 2.45) is 0 Å². The SMILES string of the molecule is COC(=O)c1cc(-c2cccc(OC)c2)nc2c3c(C)cc(C(F)(F)F)nc3nn12. The first kappa shape index (κ1) is 19.6. The van der Waals surface area contributed by atoms with E-state index in [1.54, 1.807) is 24.3 Å². The number of hydrogen-bond acceptors (Lipinski definition) is 6. The molecule has 4 aromatic rings. The number of methoxy groups -OCH3 is 2. The Morgan fingerprint density at radius 3 is 2.53 bits per heavy atom. The Labute approximate surface area is 168 Å². The van der Waals surface area contributed by atoms with Gasteiger partial charge in [0.1, 0.15) is 11.4 Å². The summed E-state index contributed by atoms with van der Waals surface area (Å²) in [6, 6.07) is 9.40. The lowest BCUT2D eigenvalue weighted by Crippen LogP contribution is -2.10. The van der Waals surface area contributed by atoms with Crippen molar-refractivity contribution in [1.82, 2.24) is 19.6 Å². The van der Waals surface area contributed by atoms with Gasteiger partial charge in [-0.25, -0.2) is 19.3 Å². The molecule has 0 fully saturated rings. The molecule has 0 atom stereocenters. The maximum absolute atomic E-state index is 13.2. The highest BCUT2D eigenvalue weighted by Gasteiger charge is 2.34. The number of pyridine rings is 1. The van der Waals surface area contributed by atoms with Crippen molar-refractivity contribution in [1.29, 1.82) is 0 Å². The summed E-state index contributed by atoms with van der Waals surface area (Å²) in [7, 11) is 2.72. The van der Waals surface area contributed by atoms with E-state index in [9.17, 15) is 18.0 Å². The first-order chi connectivity index (χ1) is 14.2. The van der Waals surface area contributed by atoms with Gasteiger partial charge in [-0.15, -0.1) is 5.10 Å². The molecular formula is C20H15F3N4O3. The minimum absolute atomic E-state index is 0.00581. The molecule has 0 saturated carbocycles. The van der Waals surface area contributed by atoms with Gasteiger partial charge < -0.3 is 9.47 Å². The Bertz CT molecular complexity index is 1300. The maximum Gasteiger partial charge on any atom is 0.433 e. The number of carbonyl (C=O) groups excluding carboxylic acids is 1. The molecule has 0 radical (unpaired) electrons. The predicted octanol–water partition coefficient (Wildman–Crippen LogP) is 4.07. The highest BCUT2D eigenvalue weighted by atomic mass is 19.4. The van der Waals surface area contributed by atoms with Gasteiger partial charge in [0.25, 0.3) is 0 Å². The highest BCUT2D eigenvalue weighted by molar-refractivity contribution is 5.97. The molecule has 0 aliphatic heterocycles. The molecule has 1 aromatic carbocycles. The number of nitrogens with zero attached hydrogens (tertiary/aromatic N) is 4. The molecule has 0 amide bonds. The standard InChI is InChI=1S/C20H15F3N4O3/c1-10-7-15(20(21,22)23)25-17-16(10)18-24-13(11-5-4-6-12(8-11)29-2)9-14(19(28)30-3)27(18)26-17/h4-9H,1-3H3. The molecule has 0 aliphatic rings. The molecule has 0 bridgehead atoms. The van der Waals surface area contributed by atoms with E-state index in [-0.39, 0.29) is 22.6 Å². The lowest BCUT2D eigenvalue weighted by atomic mass is 10.1. The van der Waals surface area contributed by atoms with E-state index in [1.165, 1.54) is 27.2 Å². The van der Waals surface area contributed by atoms with Crippen molar-refractivity contribution in [3.05, 3.63) is 53.3 Å². The summed E-state index contributed by atoms with van der Waals surface area (Å²) in [6.45, 7) is 1.51. The van der Waals surface area contributed by atoms with Crippen LogP contribution in [0.15, 0.2) is 36.4 Å². The van der Waals surface area contributed by atoms with Gasteiger partial charge in [0.15, 0.2) is 17.0 Å². The normalized spacial score (nSPS) is 11.8. The highest BCUT2D eigenvalue weighted by Crippen LogP contribution is 2.33. The number of aryl methyl sites for hydroxylation is 1. The van der Waals surface area contributed by atoms with Gasteiger partial charge in [0, 0.05) is 5.56 Å². The molecule has 3 aromatic heterocycles. The topological polar surface area (TPSA) is 78.6 Å². The second-order valence-electron chi connectivity index (χ2n) is 6.51. The average molecular weight is 416 g/mol. The van der Waals surface area contributed by atoms with Crippen LogP contribution in [0.4, 0.5) is 13.2 Å². The molecule has 3 heterocycles. The smallest absolute Gasteiger partial charge is 0.433 e. The van der Waals surface area contributed by atoms with Crippen LogP contribution in [-0.4, -0.2) is 39.8 Å². The number of fused-ring (bicyclic) bond motifs is 3. The molecule has 7 nitrogen and oxygen atoms in total. The zero-order chi connectivity index (χ0) is 21.6. The van der Waals surface area contributed by atoms with E-state index in [2.05, 4.69) is 15.1 Å². The third kappa shape index (κ3) is 3.19. The second-order valence-corrected chi connectivity index (χ2v) is 6.51. The van der Waals surface area contributed by atoms with Crippen molar-refractivity contribution < 1.29 is 27.4 Å². The third-order valence-corrected chi connectivity index (χ3v) is 4.59. The van der Waals surface area contributed by atoms with Crippen LogP contribution in [0, 0.1) is 6.92 Å². The molecule has 0 aliphatic carbocycles. The van der Waals surface area contributed by atoms with Crippen molar-refractivity contribution in [3.63, 3.8) is 0 Å². The Hall–Kier alpha value is -3.69. The van der Waals surface area contributed by atoms with Crippen molar-refractivity contribution in [3.8, 4) is 17.0 Å². The number of carbonyl (C=O) groups is 1. The predicted molar refractivity (Wildman–Crippen MR) is 101 cm³/mol. The number of halogens is 3. The molecule has 4 rings (SSSR count). The summed E-state index contributed by atoms with van der Waals surface area (Å²) in [5.74, 6) is -0.132. The van der Waals surface area contributed by atoms with E-state index >= 15 is 0 Å². The Morgan fingerprint density at radius 1 is 1.10 bits per heavy atom. The van der Waals surface area contributed by atoms with E-state index in [0.29, 0.717) is 22.4 Å². The van der Waals surface area contributed by atoms with Crippen molar-refractivity contribution in [2.45, 2.75) is 13.1 Å². The van der Waals surface area contributed by atoms with Crippen LogP contribution in [-0.2, 0) is 10.9 Å². The fraction of sp³-hybridized carbons (Fsp3) is 0.200. The van der Waals surface area contributed by atoms with Gasteiger partial charge in [-0.3, -0.25) is 0 Å². The molecule has 154 valence electrons. The second kappa shape index (κ2) is 6.97. The molecular weight excluding hydrogens is 401 g/mol. The van der Waals surface area contributed by atoms with E-state index in [0.717, 1.165) is 10.6 Å². The summed E-state index contributed by atoms with van der Waals surface area (Å²) in [5, 5.41) is 4.42. The largest absolute Gasteiger partial charge is 0.497 e. The summed E-state index contributed by atoms with van der Waals surface area (Å²) >= 11 is 0. The van der Waals surface area contributed by atoms with Crippen LogP contribution in [0.25, 0.3) is 27.9 Å². The maximum atomic E-state index is 13.2. The lowest BCUT2D eigenvalue weighted by Gasteiger charge is -2.08. The number of esters is 1. The van der Waals surface area contributed by atoms with Gasteiger partial charge in [0.05, 0.1) is 25.3 Å². The number of alkyl halides is 3. The first-order valence-electron chi connectivity index (χ1n) is 8.74. The molecule has 0 saturated heterocycles. The van der Waals surface area contributed by atoms with E-state index < -0.39 is 17.8 Å². The Morgan fingerprint density at radius 2 is 1.87 bits per heavy atom. The van der Waals surface area contributed by atoms with Gasteiger partial charge in [-0.1, -0.05) is 12.1 Å². The molecule has 0 unspecified atom stereocenters. The minimum Gasteiger partial charge on any atom is -0.497 e. The molecule has 0 N–H and O–H groups in total. The lowest BCUT2D eigenvalue weighted by molar-refractivity contribution is -0.141. The number of rotatable bonds is 3. The number of aromatic nitrogens is 4. The van der Waals surface area contributed by atoms with Gasteiger partial charge in [-0.05, 0) is 36.8 Å². The number of hydrogen-bond donors (Lipinski definition) is 0. The van der Waals surface area contributed by atoms with Gasteiger partial charge in [-0.2, -0.15) is 13.2 Å². The zero-order valence-corrected chi connectivity index (χ0v) is 16.1. The Kier molecular flexibility index (Phi) is 4.56. The van der Waals surface area contributed by atoms with E-state index in [4.69, 9.17) is 9.47 Å². The quantitative estimate of drug-likeness (QED) is 0.469. The van der Waals surface area contributed by atoms with Crippen LogP contribution in [0.2, 0.25) is 0 Å². The van der Waals surface area contributed by atoms with Crippen LogP contribution in [0.5, 0.6) is 5.75 Å². The minimum atomic E-state index is -4.63. The summed E-state index contributed by atoms with van der Waals surface area (Å²) in [6.07, 6.45) is -4.63. The van der Waals surface area contributed by atoms with Crippen molar-refractivity contribution in [2.75, 3.05) is 14.2 Å². The average Bonchev–Trinajstić information content (AvgIpc) is 3.10. The Balaban J connectivity index is 2.07. The van der Waals surface area contributed by atoms with Crippen LogP contribution >= 0.6 is 0 Å². The summed E-state index contributed by atoms with van der Waals surface area (Å²) in [5.41, 5.74) is 0.312. The number of ether oxygens (including phenoxy) is 2. The summed E-state index contributed by atoms with van der Waals surface area (Å²) < 4.78 is 50.7.